The number of aliphatic hydroxyl groups is 1. The number of ether oxygens (including phenoxy) is 1. The molecule has 1 aromatic heterocycles. The van der Waals surface area contributed by atoms with Gasteiger partial charge in [-0.3, -0.25) is 4.68 Å². The van der Waals surface area contributed by atoms with Crippen molar-refractivity contribution in [2.24, 2.45) is 12.5 Å². The topological polar surface area (TPSA) is 47.3 Å². The summed E-state index contributed by atoms with van der Waals surface area (Å²) in [5, 5.41) is 15.5. The number of rotatable bonds is 2. The molecule has 1 aliphatic carbocycles. The molecule has 1 saturated heterocycles. The first-order valence-electron chi connectivity index (χ1n) is 6.92. The average molecular weight is 250 g/mol. The molecule has 1 atom stereocenters. The van der Waals surface area contributed by atoms with Crippen LogP contribution in [0.4, 0.5) is 0 Å². The fraction of sp³-hybridized carbons (Fsp3) is 0.786. The van der Waals surface area contributed by atoms with E-state index in [2.05, 4.69) is 5.10 Å². The second-order valence-corrected chi connectivity index (χ2v) is 5.94. The molecule has 1 unspecified atom stereocenters. The van der Waals surface area contributed by atoms with Crippen LogP contribution >= 0.6 is 0 Å². The Labute approximate surface area is 108 Å². The largest absolute Gasteiger partial charge is 0.389 e. The van der Waals surface area contributed by atoms with Gasteiger partial charge in [0.1, 0.15) is 0 Å². The van der Waals surface area contributed by atoms with E-state index in [1.807, 2.05) is 24.0 Å². The van der Waals surface area contributed by atoms with Gasteiger partial charge in [-0.2, -0.15) is 5.10 Å². The van der Waals surface area contributed by atoms with E-state index in [0.717, 1.165) is 51.0 Å². The highest BCUT2D eigenvalue weighted by Gasteiger charge is 2.54. The summed E-state index contributed by atoms with van der Waals surface area (Å²) in [5.74, 6) is 0. The lowest BCUT2D eigenvalue weighted by molar-refractivity contribution is -0.113. The van der Waals surface area contributed by atoms with Gasteiger partial charge in [0, 0.05) is 38.3 Å². The minimum absolute atomic E-state index is 0.0722. The molecule has 0 amide bonds. The maximum absolute atomic E-state index is 11.1. The third-order valence-corrected chi connectivity index (χ3v) is 4.93. The molecule has 100 valence electrons. The molecular weight excluding hydrogens is 228 g/mol. The van der Waals surface area contributed by atoms with Crippen LogP contribution in [0.1, 0.15) is 37.8 Å². The second kappa shape index (κ2) is 4.35. The second-order valence-electron chi connectivity index (χ2n) is 5.94. The summed E-state index contributed by atoms with van der Waals surface area (Å²) in [6.45, 7) is 1.59. The minimum Gasteiger partial charge on any atom is -0.389 e. The molecule has 2 aliphatic rings. The molecule has 2 heterocycles. The van der Waals surface area contributed by atoms with Gasteiger partial charge in [-0.1, -0.05) is 0 Å². The van der Waals surface area contributed by atoms with E-state index in [4.69, 9.17) is 4.74 Å². The van der Waals surface area contributed by atoms with Gasteiger partial charge in [0.25, 0.3) is 0 Å². The van der Waals surface area contributed by atoms with E-state index in [9.17, 15) is 5.11 Å². The van der Waals surface area contributed by atoms with E-state index in [1.54, 1.807) is 0 Å². The van der Waals surface area contributed by atoms with Crippen LogP contribution in [0.3, 0.4) is 0 Å². The predicted octanol–water partition coefficient (Wildman–Crippen LogP) is 1.67. The van der Waals surface area contributed by atoms with Gasteiger partial charge >= 0.3 is 0 Å². The maximum atomic E-state index is 11.1. The summed E-state index contributed by atoms with van der Waals surface area (Å²) in [7, 11) is 1.92. The summed E-state index contributed by atoms with van der Waals surface area (Å²) in [4.78, 5) is 0. The Morgan fingerprint density at radius 2 is 2.11 bits per heavy atom. The number of hydrogen-bond donors (Lipinski definition) is 1. The Kier molecular flexibility index (Phi) is 2.94. The lowest BCUT2D eigenvalue weighted by atomic mass is 9.67. The Morgan fingerprint density at radius 1 is 1.33 bits per heavy atom. The Balaban J connectivity index is 1.83. The van der Waals surface area contributed by atoms with Gasteiger partial charge in [-0.05, 0) is 38.2 Å². The van der Waals surface area contributed by atoms with E-state index < -0.39 is 5.60 Å². The zero-order chi connectivity index (χ0) is 12.6. The van der Waals surface area contributed by atoms with Crippen molar-refractivity contribution in [1.82, 2.24) is 9.78 Å². The molecule has 0 bridgehead atoms. The fourth-order valence-corrected chi connectivity index (χ4v) is 3.83. The van der Waals surface area contributed by atoms with Crippen molar-refractivity contribution in [1.29, 1.82) is 0 Å². The van der Waals surface area contributed by atoms with Crippen molar-refractivity contribution in [3.63, 3.8) is 0 Å². The van der Waals surface area contributed by atoms with Crippen LogP contribution in [0.15, 0.2) is 12.3 Å². The zero-order valence-electron chi connectivity index (χ0n) is 11.1. The molecular formula is C14H22N2O2. The number of nitrogens with zero attached hydrogens (tertiary/aromatic N) is 2. The van der Waals surface area contributed by atoms with Crippen molar-refractivity contribution < 1.29 is 9.84 Å². The van der Waals surface area contributed by atoms with Crippen molar-refractivity contribution in [3.05, 3.63) is 18.0 Å². The number of aromatic nitrogens is 2. The highest BCUT2D eigenvalue weighted by Crippen LogP contribution is 2.53. The van der Waals surface area contributed by atoms with Crippen molar-refractivity contribution >= 4 is 0 Å². The number of hydrogen-bond acceptors (Lipinski definition) is 3. The quantitative estimate of drug-likeness (QED) is 0.868. The van der Waals surface area contributed by atoms with Gasteiger partial charge < -0.3 is 9.84 Å². The van der Waals surface area contributed by atoms with Crippen LogP contribution in [-0.2, 0) is 18.2 Å². The van der Waals surface area contributed by atoms with Crippen molar-refractivity contribution in [2.45, 2.75) is 44.1 Å². The first-order valence-corrected chi connectivity index (χ1v) is 6.92. The molecule has 3 rings (SSSR count). The lowest BCUT2D eigenvalue weighted by Crippen LogP contribution is -2.48. The molecule has 1 N–H and O–H groups in total. The SMILES string of the molecule is Cn1ccc(CC2(O)CCCC23CCOCC3)n1. The van der Waals surface area contributed by atoms with Crippen LogP contribution in [-0.4, -0.2) is 33.7 Å². The smallest absolute Gasteiger partial charge is 0.0761 e. The molecule has 0 aromatic carbocycles. The first kappa shape index (κ1) is 12.2. The molecule has 1 aliphatic heterocycles. The summed E-state index contributed by atoms with van der Waals surface area (Å²) >= 11 is 0. The highest BCUT2D eigenvalue weighted by molar-refractivity contribution is 5.12. The van der Waals surface area contributed by atoms with E-state index in [1.165, 1.54) is 0 Å². The van der Waals surface area contributed by atoms with Crippen LogP contribution in [0.5, 0.6) is 0 Å². The summed E-state index contributed by atoms with van der Waals surface area (Å²) < 4.78 is 7.28. The first-order chi connectivity index (χ1) is 8.64. The third-order valence-electron chi connectivity index (χ3n) is 4.93. The van der Waals surface area contributed by atoms with Gasteiger partial charge in [-0.15, -0.1) is 0 Å². The molecule has 4 nitrogen and oxygen atoms in total. The zero-order valence-corrected chi connectivity index (χ0v) is 11.1. The standard InChI is InChI=1S/C14H22N2O2/c1-16-8-3-12(15-16)11-14(17)5-2-4-13(14)6-9-18-10-7-13/h3,8,17H,2,4-7,9-11H2,1H3. The van der Waals surface area contributed by atoms with Crippen molar-refractivity contribution in [3.8, 4) is 0 Å². The maximum Gasteiger partial charge on any atom is 0.0761 e. The number of aryl methyl sites for hydroxylation is 1. The Morgan fingerprint density at radius 3 is 2.78 bits per heavy atom. The van der Waals surface area contributed by atoms with Crippen LogP contribution in [0.2, 0.25) is 0 Å². The lowest BCUT2D eigenvalue weighted by Gasteiger charge is -2.45. The van der Waals surface area contributed by atoms with E-state index in [-0.39, 0.29) is 5.41 Å². The van der Waals surface area contributed by atoms with Gasteiger partial charge in [0.05, 0.1) is 11.3 Å². The highest BCUT2D eigenvalue weighted by atomic mass is 16.5. The normalized spacial score (nSPS) is 31.0. The van der Waals surface area contributed by atoms with E-state index in [0.29, 0.717) is 6.42 Å². The van der Waals surface area contributed by atoms with Crippen LogP contribution in [0.25, 0.3) is 0 Å². The van der Waals surface area contributed by atoms with Gasteiger partial charge in [-0.25, -0.2) is 0 Å². The molecule has 1 spiro atoms. The predicted molar refractivity (Wildman–Crippen MR) is 68.2 cm³/mol. The summed E-state index contributed by atoms with van der Waals surface area (Å²) in [6, 6.07) is 2.02. The van der Waals surface area contributed by atoms with E-state index >= 15 is 0 Å². The molecule has 1 aromatic rings. The Hall–Kier alpha value is -0.870. The molecule has 1 saturated carbocycles. The summed E-state index contributed by atoms with van der Waals surface area (Å²) in [6.07, 6.45) is 7.80. The summed E-state index contributed by atoms with van der Waals surface area (Å²) in [5.41, 5.74) is 0.501. The van der Waals surface area contributed by atoms with Crippen LogP contribution in [0, 0.1) is 5.41 Å². The fourth-order valence-electron chi connectivity index (χ4n) is 3.83. The molecule has 2 fully saturated rings. The van der Waals surface area contributed by atoms with Gasteiger partial charge in [0.15, 0.2) is 0 Å². The molecule has 18 heavy (non-hydrogen) atoms. The minimum atomic E-state index is -0.578. The molecule has 4 heteroatoms. The average Bonchev–Trinajstić information content (AvgIpc) is 2.87. The van der Waals surface area contributed by atoms with Gasteiger partial charge in [0.2, 0.25) is 0 Å². The van der Waals surface area contributed by atoms with Crippen molar-refractivity contribution in [2.75, 3.05) is 13.2 Å². The third kappa shape index (κ3) is 1.88. The monoisotopic (exact) mass is 250 g/mol. The van der Waals surface area contributed by atoms with Crippen LogP contribution < -0.4 is 0 Å². The Bertz CT molecular complexity index is 423. The molecule has 0 radical (unpaired) electrons.